The van der Waals surface area contributed by atoms with Crippen LogP contribution >= 0.6 is 0 Å². The van der Waals surface area contributed by atoms with Gasteiger partial charge in [0.1, 0.15) is 11.6 Å². The Bertz CT molecular complexity index is 612. The zero-order valence-corrected chi connectivity index (χ0v) is 13.4. The fourth-order valence-electron chi connectivity index (χ4n) is 3.18. The topological polar surface area (TPSA) is 41.0 Å². The first kappa shape index (κ1) is 15.0. The maximum Gasteiger partial charge on any atom is 0.130 e. The molecule has 1 aromatic heterocycles. The molecular formula is C18H24N4. The average molecular weight is 296 g/mol. The second-order valence-corrected chi connectivity index (χ2v) is 5.86. The Morgan fingerprint density at radius 3 is 2.82 bits per heavy atom. The standard InChI is InChI=1S/C18H24N4/c1-3-22-11-7-10-16(22)13-19-18-12-17(20-14(2)21-18)15-8-5-4-6-9-15/h4-6,8-9,12,16H,3,7,10-11,13H2,1-2H3,(H,19,20,21). The third-order valence-electron chi connectivity index (χ3n) is 4.33. The number of nitrogens with zero attached hydrogens (tertiary/aromatic N) is 3. The molecule has 1 atom stereocenters. The van der Waals surface area contributed by atoms with Gasteiger partial charge >= 0.3 is 0 Å². The summed E-state index contributed by atoms with van der Waals surface area (Å²) in [5.41, 5.74) is 2.11. The number of benzene rings is 1. The van der Waals surface area contributed by atoms with Crippen molar-refractivity contribution in [3.8, 4) is 11.3 Å². The molecule has 4 nitrogen and oxygen atoms in total. The zero-order valence-electron chi connectivity index (χ0n) is 13.4. The lowest BCUT2D eigenvalue weighted by molar-refractivity contribution is 0.277. The van der Waals surface area contributed by atoms with E-state index >= 15 is 0 Å². The first-order valence-corrected chi connectivity index (χ1v) is 8.15. The van der Waals surface area contributed by atoms with Crippen molar-refractivity contribution in [3.63, 3.8) is 0 Å². The minimum absolute atomic E-state index is 0.625. The van der Waals surface area contributed by atoms with Gasteiger partial charge < -0.3 is 5.32 Å². The third-order valence-corrected chi connectivity index (χ3v) is 4.33. The molecule has 1 fully saturated rings. The molecule has 1 aromatic carbocycles. The molecule has 22 heavy (non-hydrogen) atoms. The average Bonchev–Trinajstić information content (AvgIpc) is 3.01. The van der Waals surface area contributed by atoms with Gasteiger partial charge in [0.2, 0.25) is 0 Å². The fraction of sp³-hybridized carbons (Fsp3) is 0.444. The van der Waals surface area contributed by atoms with E-state index < -0.39 is 0 Å². The summed E-state index contributed by atoms with van der Waals surface area (Å²) in [6.07, 6.45) is 2.58. The molecule has 116 valence electrons. The van der Waals surface area contributed by atoms with Crippen LogP contribution in [0, 0.1) is 6.92 Å². The van der Waals surface area contributed by atoms with E-state index in [1.165, 1.54) is 19.4 Å². The van der Waals surface area contributed by atoms with E-state index in [2.05, 4.69) is 39.2 Å². The van der Waals surface area contributed by atoms with Crippen molar-refractivity contribution in [1.29, 1.82) is 0 Å². The van der Waals surface area contributed by atoms with E-state index in [4.69, 9.17) is 0 Å². The summed E-state index contributed by atoms with van der Waals surface area (Å²) >= 11 is 0. The highest BCUT2D eigenvalue weighted by Crippen LogP contribution is 2.21. The number of rotatable bonds is 5. The van der Waals surface area contributed by atoms with Gasteiger partial charge in [-0.3, -0.25) is 4.90 Å². The minimum Gasteiger partial charge on any atom is -0.368 e. The van der Waals surface area contributed by atoms with E-state index in [9.17, 15) is 0 Å². The highest BCUT2D eigenvalue weighted by Gasteiger charge is 2.22. The number of aromatic nitrogens is 2. The number of anilines is 1. The molecule has 0 amide bonds. The van der Waals surface area contributed by atoms with Crippen molar-refractivity contribution in [3.05, 3.63) is 42.2 Å². The Hall–Kier alpha value is -1.94. The Morgan fingerprint density at radius 1 is 1.23 bits per heavy atom. The smallest absolute Gasteiger partial charge is 0.130 e. The van der Waals surface area contributed by atoms with Crippen LogP contribution in [0.25, 0.3) is 11.3 Å². The molecule has 0 saturated carbocycles. The molecule has 0 aliphatic carbocycles. The third kappa shape index (κ3) is 3.45. The predicted octanol–water partition coefficient (Wildman–Crippen LogP) is 3.35. The lowest BCUT2D eigenvalue weighted by Crippen LogP contribution is -2.34. The lowest BCUT2D eigenvalue weighted by atomic mass is 10.1. The van der Waals surface area contributed by atoms with Crippen LogP contribution in [0.3, 0.4) is 0 Å². The fourth-order valence-corrected chi connectivity index (χ4v) is 3.18. The van der Waals surface area contributed by atoms with E-state index in [0.717, 1.165) is 36.0 Å². The van der Waals surface area contributed by atoms with Crippen LogP contribution < -0.4 is 5.32 Å². The maximum absolute atomic E-state index is 4.55. The van der Waals surface area contributed by atoms with Crippen molar-refractivity contribution < 1.29 is 0 Å². The minimum atomic E-state index is 0.625. The lowest BCUT2D eigenvalue weighted by Gasteiger charge is -2.23. The van der Waals surface area contributed by atoms with Crippen molar-refractivity contribution in [2.24, 2.45) is 0 Å². The molecule has 0 spiro atoms. The van der Waals surface area contributed by atoms with Crippen molar-refractivity contribution in [2.75, 3.05) is 25.0 Å². The van der Waals surface area contributed by atoms with E-state index in [0.29, 0.717) is 6.04 Å². The molecule has 1 saturated heterocycles. The molecule has 1 aliphatic heterocycles. The normalized spacial score (nSPS) is 18.5. The second kappa shape index (κ2) is 6.88. The maximum atomic E-state index is 4.55. The van der Waals surface area contributed by atoms with Crippen molar-refractivity contribution in [1.82, 2.24) is 14.9 Å². The molecule has 4 heteroatoms. The first-order chi connectivity index (χ1) is 10.8. The summed E-state index contributed by atoms with van der Waals surface area (Å²) in [5.74, 6) is 1.73. The van der Waals surface area contributed by atoms with Crippen LogP contribution in [0.1, 0.15) is 25.6 Å². The molecule has 2 heterocycles. The van der Waals surface area contributed by atoms with Crippen LogP contribution in [0.5, 0.6) is 0 Å². The van der Waals surface area contributed by atoms with Crippen LogP contribution in [0.2, 0.25) is 0 Å². The summed E-state index contributed by atoms with van der Waals surface area (Å²) in [6.45, 7) is 7.50. The van der Waals surface area contributed by atoms with E-state index in [-0.39, 0.29) is 0 Å². The molecule has 2 aromatic rings. The van der Waals surface area contributed by atoms with Gasteiger partial charge in [0.05, 0.1) is 5.69 Å². The molecular weight excluding hydrogens is 272 g/mol. The summed E-state index contributed by atoms with van der Waals surface area (Å²) in [4.78, 5) is 11.6. The number of nitrogens with one attached hydrogen (secondary N) is 1. The molecule has 0 radical (unpaired) electrons. The van der Waals surface area contributed by atoms with Gasteiger partial charge in [-0.25, -0.2) is 9.97 Å². The largest absolute Gasteiger partial charge is 0.368 e. The monoisotopic (exact) mass is 296 g/mol. The van der Waals surface area contributed by atoms with Gasteiger partial charge in [0.15, 0.2) is 0 Å². The van der Waals surface area contributed by atoms with Crippen LogP contribution in [0.4, 0.5) is 5.82 Å². The SMILES string of the molecule is CCN1CCCC1CNc1cc(-c2ccccc2)nc(C)n1. The number of likely N-dealkylation sites (tertiary alicyclic amines) is 1. The zero-order chi connectivity index (χ0) is 15.4. The van der Waals surface area contributed by atoms with Gasteiger partial charge in [-0.05, 0) is 32.9 Å². The number of aryl methyl sites for hydroxylation is 1. The van der Waals surface area contributed by atoms with Crippen LogP contribution in [-0.2, 0) is 0 Å². The Labute approximate surface area is 132 Å². The van der Waals surface area contributed by atoms with Crippen molar-refractivity contribution >= 4 is 5.82 Å². The number of hydrogen-bond donors (Lipinski definition) is 1. The summed E-state index contributed by atoms with van der Waals surface area (Å²) in [5, 5.41) is 3.51. The summed E-state index contributed by atoms with van der Waals surface area (Å²) < 4.78 is 0. The Kier molecular flexibility index (Phi) is 4.68. The van der Waals surface area contributed by atoms with E-state index in [1.54, 1.807) is 0 Å². The van der Waals surface area contributed by atoms with Gasteiger partial charge in [-0.2, -0.15) is 0 Å². The summed E-state index contributed by atoms with van der Waals surface area (Å²) in [6, 6.07) is 12.9. The molecule has 0 bridgehead atoms. The number of likely N-dealkylation sites (N-methyl/N-ethyl adjacent to an activating group) is 1. The molecule has 1 unspecified atom stereocenters. The quantitative estimate of drug-likeness (QED) is 0.918. The van der Waals surface area contributed by atoms with Crippen molar-refractivity contribution in [2.45, 2.75) is 32.7 Å². The molecule has 3 rings (SSSR count). The van der Waals surface area contributed by atoms with Gasteiger partial charge in [-0.15, -0.1) is 0 Å². The highest BCUT2D eigenvalue weighted by molar-refractivity contribution is 5.62. The van der Waals surface area contributed by atoms with Gasteiger partial charge in [-0.1, -0.05) is 37.3 Å². The number of hydrogen-bond acceptors (Lipinski definition) is 4. The molecule has 1 N–H and O–H groups in total. The summed E-state index contributed by atoms with van der Waals surface area (Å²) in [7, 11) is 0. The Balaban J connectivity index is 1.73. The van der Waals surface area contributed by atoms with Crippen LogP contribution in [-0.4, -0.2) is 40.5 Å². The van der Waals surface area contributed by atoms with Gasteiger partial charge in [0.25, 0.3) is 0 Å². The first-order valence-electron chi connectivity index (χ1n) is 8.15. The highest BCUT2D eigenvalue weighted by atomic mass is 15.2. The molecule has 1 aliphatic rings. The van der Waals surface area contributed by atoms with E-state index in [1.807, 2.05) is 31.2 Å². The van der Waals surface area contributed by atoms with Crippen LogP contribution in [0.15, 0.2) is 36.4 Å². The second-order valence-electron chi connectivity index (χ2n) is 5.86. The predicted molar refractivity (Wildman–Crippen MR) is 91.0 cm³/mol. The Morgan fingerprint density at radius 2 is 2.05 bits per heavy atom. The van der Waals surface area contributed by atoms with Gasteiger partial charge in [0, 0.05) is 24.2 Å².